The van der Waals surface area contributed by atoms with Crippen molar-refractivity contribution in [2.24, 2.45) is 0 Å². The van der Waals surface area contributed by atoms with Gasteiger partial charge in [0.2, 0.25) is 0 Å². The van der Waals surface area contributed by atoms with Crippen LogP contribution in [0.15, 0.2) is 24.3 Å². The van der Waals surface area contributed by atoms with Gasteiger partial charge >= 0.3 is 0 Å². The summed E-state index contributed by atoms with van der Waals surface area (Å²) in [5.74, 6) is -0.128. The first-order chi connectivity index (χ1) is 7.84. The van der Waals surface area contributed by atoms with E-state index in [-0.39, 0.29) is 18.2 Å². The van der Waals surface area contributed by atoms with Gasteiger partial charge in [0.15, 0.2) is 0 Å². The summed E-state index contributed by atoms with van der Waals surface area (Å²) in [6.45, 7) is 1.23. The fraction of sp³-hybridized carbons (Fsp3) is 0.571. The van der Waals surface area contributed by atoms with Crippen LogP contribution in [0.25, 0.3) is 0 Å². The summed E-state index contributed by atoms with van der Waals surface area (Å²) in [5.41, 5.74) is 1.30. The van der Waals surface area contributed by atoms with Gasteiger partial charge in [-0.25, -0.2) is 4.39 Å². The Morgan fingerprint density at radius 2 is 1.76 bits per heavy atom. The fourth-order valence-corrected chi connectivity index (χ4v) is 3.30. The summed E-state index contributed by atoms with van der Waals surface area (Å²) >= 11 is 0. The molecular formula is C14H19ClFN. The summed E-state index contributed by atoms with van der Waals surface area (Å²) in [6.07, 6.45) is 6.64. The van der Waals surface area contributed by atoms with E-state index in [0.29, 0.717) is 6.04 Å². The van der Waals surface area contributed by atoms with Gasteiger partial charge < -0.3 is 0 Å². The van der Waals surface area contributed by atoms with Gasteiger partial charge in [0, 0.05) is 12.1 Å². The zero-order chi connectivity index (χ0) is 11.0. The third kappa shape index (κ3) is 2.48. The normalized spacial score (nSPS) is 28.5. The topological polar surface area (TPSA) is 3.24 Å². The van der Waals surface area contributed by atoms with Gasteiger partial charge in [0.25, 0.3) is 0 Å². The van der Waals surface area contributed by atoms with E-state index < -0.39 is 0 Å². The van der Waals surface area contributed by atoms with E-state index in [0.717, 1.165) is 6.04 Å². The zero-order valence-electron chi connectivity index (χ0n) is 9.94. The van der Waals surface area contributed by atoms with Crippen LogP contribution in [0, 0.1) is 5.82 Å². The van der Waals surface area contributed by atoms with Crippen LogP contribution in [0.2, 0.25) is 0 Å². The van der Waals surface area contributed by atoms with Crippen LogP contribution in [-0.2, 0) is 0 Å². The van der Waals surface area contributed by atoms with Gasteiger partial charge in [-0.3, -0.25) is 4.90 Å². The molecule has 2 atom stereocenters. The monoisotopic (exact) mass is 255 g/mol. The number of halogens is 2. The number of fused-ring (bicyclic) bond motifs is 1. The molecule has 3 heteroatoms. The minimum absolute atomic E-state index is 0. The molecule has 2 aliphatic heterocycles. The SMILES string of the molecule is Cl.Fc1ccc([C@H]2CC[C@H]3CCCCN32)cc1. The Balaban J connectivity index is 0.00000108. The van der Waals surface area contributed by atoms with Crippen molar-refractivity contribution >= 4 is 12.4 Å². The third-order valence-electron chi connectivity index (χ3n) is 4.10. The third-order valence-corrected chi connectivity index (χ3v) is 4.10. The second kappa shape index (κ2) is 5.36. The van der Waals surface area contributed by atoms with E-state index in [4.69, 9.17) is 0 Å². The van der Waals surface area contributed by atoms with Crippen LogP contribution in [-0.4, -0.2) is 17.5 Å². The molecule has 1 aromatic rings. The second-order valence-corrected chi connectivity index (χ2v) is 5.03. The van der Waals surface area contributed by atoms with Crippen molar-refractivity contribution in [1.82, 2.24) is 4.90 Å². The van der Waals surface area contributed by atoms with E-state index in [1.165, 1.54) is 44.2 Å². The molecule has 3 rings (SSSR count). The van der Waals surface area contributed by atoms with Gasteiger partial charge in [-0.2, -0.15) is 0 Å². The molecule has 94 valence electrons. The number of rotatable bonds is 1. The lowest BCUT2D eigenvalue weighted by molar-refractivity contribution is 0.150. The van der Waals surface area contributed by atoms with Crippen LogP contribution in [0.4, 0.5) is 4.39 Å². The van der Waals surface area contributed by atoms with Crippen LogP contribution in [0.5, 0.6) is 0 Å². The summed E-state index contributed by atoms with van der Waals surface area (Å²) in [5, 5.41) is 0. The maximum Gasteiger partial charge on any atom is 0.123 e. The largest absolute Gasteiger partial charge is 0.293 e. The molecule has 0 amide bonds. The summed E-state index contributed by atoms with van der Waals surface area (Å²) in [6, 6.07) is 8.43. The molecule has 0 bridgehead atoms. The fourth-order valence-electron chi connectivity index (χ4n) is 3.30. The van der Waals surface area contributed by atoms with Crippen molar-refractivity contribution < 1.29 is 4.39 Å². The van der Waals surface area contributed by atoms with E-state index in [1.54, 1.807) is 12.1 Å². The molecule has 1 aromatic carbocycles. The van der Waals surface area contributed by atoms with Crippen molar-refractivity contribution in [2.45, 2.75) is 44.2 Å². The first-order valence-electron chi connectivity index (χ1n) is 6.36. The number of nitrogens with zero attached hydrogens (tertiary/aromatic N) is 1. The molecule has 1 nitrogen and oxygen atoms in total. The average molecular weight is 256 g/mol. The molecule has 2 aliphatic rings. The van der Waals surface area contributed by atoms with Gasteiger partial charge in [0.05, 0.1) is 0 Å². The van der Waals surface area contributed by atoms with Crippen molar-refractivity contribution in [3.8, 4) is 0 Å². The molecule has 0 N–H and O–H groups in total. The maximum atomic E-state index is 12.9. The van der Waals surface area contributed by atoms with E-state index >= 15 is 0 Å². The van der Waals surface area contributed by atoms with Crippen LogP contribution >= 0.6 is 12.4 Å². The first kappa shape index (κ1) is 12.8. The van der Waals surface area contributed by atoms with Gasteiger partial charge in [-0.15, -0.1) is 12.4 Å². The van der Waals surface area contributed by atoms with Crippen molar-refractivity contribution in [1.29, 1.82) is 0 Å². The molecule has 0 spiro atoms. The lowest BCUT2D eigenvalue weighted by Crippen LogP contribution is -2.35. The lowest BCUT2D eigenvalue weighted by Gasteiger charge is -2.34. The number of piperidine rings is 1. The maximum absolute atomic E-state index is 12.9. The number of benzene rings is 1. The van der Waals surface area contributed by atoms with Crippen molar-refractivity contribution in [2.75, 3.05) is 6.54 Å². The van der Waals surface area contributed by atoms with Gasteiger partial charge in [-0.1, -0.05) is 18.6 Å². The summed E-state index contributed by atoms with van der Waals surface area (Å²) in [7, 11) is 0. The predicted octanol–water partition coefficient (Wildman–Crippen LogP) is 3.94. The number of hydrogen-bond donors (Lipinski definition) is 0. The van der Waals surface area contributed by atoms with Crippen molar-refractivity contribution in [3.63, 3.8) is 0 Å². The zero-order valence-corrected chi connectivity index (χ0v) is 10.8. The highest BCUT2D eigenvalue weighted by Gasteiger charge is 2.35. The van der Waals surface area contributed by atoms with E-state index in [2.05, 4.69) is 4.90 Å². The minimum atomic E-state index is -0.128. The van der Waals surface area contributed by atoms with E-state index in [9.17, 15) is 4.39 Å². The molecular weight excluding hydrogens is 237 g/mol. The molecule has 2 fully saturated rings. The molecule has 0 radical (unpaired) electrons. The Bertz CT molecular complexity index is 365. The Kier molecular flexibility index (Phi) is 4.05. The average Bonchev–Trinajstić information content (AvgIpc) is 2.74. The quantitative estimate of drug-likeness (QED) is 0.735. The predicted molar refractivity (Wildman–Crippen MR) is 70.0 cm³/mol. The molecule has 0 unspecified atom stereocenters. The molecule has 2 saturated heterocycles. The van der Waals surface area contributed by atoms with Crippen LogP contribution in [0.3, 0.4) is 0 Å². The molecule has 0 aromatic heterocycles. The molecule has 0 saturated carbocycles. The Labute approximate surface area is 108 Å². The first-order valence-corrected chi connectivity index (χ1v) is 6.36. The highest BCUT2D eigenvalue weighted by atomic mass is 35.5. The second-order valence-electron chi connectivity index (χ2n) is 5.03. The Morgan fingerprint density at radius 3 is 2.53 bits per heavy atom. The van der Waals surface area contributed by atoms with Gasteiger partial charge in [-0.05, 0) is 49.9 Å². The minimum Gasteiger partial charge on any atom is -0.293 e. The molecule has 0 aliphatic carbocycles. The van der Waals surface area contributed by atoms with Crippen LogP contribution < -0.4 is 0 Å². The lowest BCUT2D eigenvalue weighted by atomic mass is 10.0. The van der Waals surface area contributed by atoms with E-state index in [1.807, 2.05) is 12.1 Å². The smallest absolute Gasteiger partial charge is 0.123 e. The van der Waals surface area contributed by atoms with Crippen molar-refractivity contribution in [3.05, 3.63) is 35.6 Å². The van der Waals surface area contributed by atoms with Gasteiger partial charge in [0.1, 0.15) is 5.82 Å². The highest BCUT2D eigenvalue weighted by Crippen LogP contribution is 2.40. The highest BCUT2D eigenvalue weighted by molar-refractivity contribution is 5.85. The Morgan fingerprint density at radius 1 is 1.00 bits per heavy atom. The summed E-state index contributed by atoms with van der Waals surface area (Å²) < 4.78 is 12.9. The Hall–Kier alpha value is -0.600. The molecule has 17 heavy (non-hydrogen) atoms. The molecule has 2 heterocycles. The number of hydrogen-bond acceptors (Lipinski definition) is 1. The standard InChI is InChI=1S/C14H18FN.ClH/c15-12-6-4-11(5-7-12)14-9-8-13-3-1-2-10-16(13)14;/h4-7,13-14H,1-3,8-10H2;1H/t13-,14-;/m1./s1. The van der Waals surface area contributed by atoms with Crippen LogP contribution in [0.1, 0.15) is 43.7 Å². The summed E-state index contributed by atoms with van der Waals surface area (Å²) in [4.78, 5) is 2.64.